The monoisotopic (exact) mass is 361 g/mol. The van der Waals surface area contributed by atoms with E-state index in [9.17, 15) is 23.2 Å². The fourth-order valence-electron chi connectivity index (χ4n) is 2.65. The van der Waals surface area contributed by atoms with Gasteiger partial charge in [0.15, 0.2) is 11.5 Å². The van der Waals surface area contributed by atoms with Gasteiger partial charge >= 0.3 is 12.3 Å². The van der Waals surface area contributed by atoms with Gasteiger partial charge in [-0.25, -0.2) is 4.79 Å². The molecule has 9 heteroatoms. The number of amides is 2. The lowest BCUT2D eigenvalue weighted by atomic mass is 10.1. The fraction of sp³-hybridized carbons (Fsp3) is 0.118. The number of nitrogens with zero attached hydrogens (tertiary/aromatic N) is 1. The zero-order valence-corrected chi connectivity index (χ0v) is 12.9. The minimum absolute atomic E-state index is 0.135. The number of hydrogen-bond acceptors (Lipinski definition) is 6. The SMILES string of the molecule is O=C(Cc1ccc2c(c1)OC(F)(F)O2)ON1C(=O)c2ccccc2C1=O. The summed E-state index contributed by atoms with van der Waals surface area (Å²) in [6, 6.07) is 9.84. The Bertz CT molecular complexity index is 923. The van der Waals surface area contributed by atoms with E-state index in [0.717, 1.165) is 0 Å². The van der Waals surface area contributed by atoms with E-state index in [1.54, 1.807) is 12.1 Å². The van der Waals surface area contributed by atoms with Crippen LogP contribution in [0.5, 0.6) is 11.5 Å². The average Bonchev–Trinajstić information content (AvgIpc) is 3.02. The number of rotatable bonds is 3. The molecule has 132 valence electrons. The third-order valence-corrected chi connectivity index (χ3v) is 3.76. The molecule has 2 heterocycles. The summed E-state index contributed by atoms with van der Waals surface area (Å²) in [6.45, 7) is 0. The Morgan fingerprint density at radius 2 is 1.62 bits per heavy atom. The molecule has 7 nitrogen and oxygen atoms in total. The van der Waals surface area contributed by atoms with Crippen LogP contribution in [0.4, 0.5) is 8.78 Å². The minimum atomic E-state index is -3.76. The van der Waals surface area contributed by atoms with Gasteiger partial charge in [0.1, 0.15) is 0 Å². The molecular formula is C17H9F2NO6. The first-order valence-corrected chi connectivity index (χ1v) is 7.41. The topological polar surface area (TPSA) is 82.1 Å². The third kappa shape index (κ3) is 2.63. The molecule has 2 amide bonds. The van der Waals surface area contributed by atoms with Gasteiger partial charge in [0.25, 0.3) is 11.8 Å². The number of alkyl halides is 2. The predicted octanol–water partition coefficient (Wildman–Crippen LogP) is 2.30. The summed E-state index contributed by atoms with van der Waals surface area (Å²) in [5.41, 5.74) is 0.554. The Morgan fingerprint density at radius 3 is 2.27 bits per heavy atom. The normalized spacial score (nSPS) is 16.6. The highest BCUT2D eigenvalue weighted by Gasteiger charge is 2.43. The summed E-state index contributed by atoms with van der Waals surface area (Å²) in [6.07, 6.45) is -4.13. The molecule has 4 rings (SSSR count). The fourth-order valence-corrected chi connectivity index (χ4v) is 2.65. The lowest BCUT2D eigenvalue weighted by molar-refractivity contribution is -0.286. The van der Waals surface area contributed by atoms with Crippen LogP contribution in [0, 0.1) is 0 Å². The second kappa shape index (κ2) is 5.51. The second-order valence-corrected chi connectivity index (χ2v) is 5.54. The molecule has 0 unspecified atom stereocenters. The van der Waals surface area contributed by atoms with E-state index in [2.05, 4.69) is 9.47 Å². The van der Waals surface area contributed by atoms with Crippen LogP contribution in [-0.2, 0) is 16.1 Å². The van der Waals surface area contributed by atoms with E-state index in [1.165, 1.54) is 30.3 Å². The number of benzene rings is 2. The lowest BCUT2D eigenvalue weighted by Crippen LogP contribution is -2.33. The number of halogens is 2. The maximum atomic E-state index is 13.0. The van der Waals surface area contributed by atoms with Gasteiger partial charge in [0.2, 0.25) is 0 Å². The molecule has 0 aromatic heterocycles. The molecule has 0 saturated heterocycles. The Balaban J connectivity index is 1.46. The molecule has 0 bridgehead atoms. The van der Waals surface area contributed by atoms with Crippen molar-refractivity contribution in [2.24, 2.45) is 0 Å². The number of hydroxylamine groups is 2. The van der Waals surface area contributed by atoms with Gasteiger partial charge in [-0.05, 0) is 29.8 Å². The van der Waals surface area contributed by atoms with Gasteiger partial charge in [-0.1, -0.05) is 23.3 Å². The highest BCUT2D eigenvalue weighted by atomic mass is 19.3. The van der Waals surface area contributed by atoms with Crippen molar-refractivity contribution in [1.82, 2.24) is 5.06 Å². The van der Waals surface area contributed by atoms with Crippen LogP contribution in [-0.4, -0.2) is 29.1 Å². The maximum absolute atomic E-state index is 13.0. The van der Waals surface area contributed by atoms with Crippen molar-refractivity contribution in [3.8, 4) is 11.5 Å². The van der Waals surface area contributed by atoms with E-state index in [0.29, 0.717) is 5.06 Å². The first kappa shape index (κ1) is 16.0. The van der Waals surface area contributed by atoms with Crippen molar-refractivity contribution < 1.29 is 37.5 Å². The van der Waals surface area contributed by atoms with E-state index < -0.39 is 24.1 Å². The molecule has 0 atom stereocenters. The quantitative estimate of drug-likeness (QED) is 0.781. The van der Waals surface area contributed by atoms with Gasteiger partial charge in [-0.3, -0.25) is 9.59 Å². The van der Waals surface area contributed by atoms with E-state index in [-0.39, 0.29) is 34.6 Å². The zero-order valence-electron chi connectivity index (χ0n) is 12.9. The smallest absolute Gasteiger partial charge is 0.395 e. The Kier molecular flexibility index (Phi) is 3.39. The van der Waals surface area contributed by atoms with Crippen molar-refractivity contribution in [3.63, 3.8) is 0 Å². The molecule has 0 saturated carbocycles. The van der Waals surface area contributed by atoms with Crippen LogP contribution in [0.25, 0.3) is 0 Å². The molecule has 2 aromatic carbocycles. The molecule has 0 spiro atoms. The van der Waals surface area contributed by atoms with Crippen LogP contribution in [0.1, 0.15) is 26.3 Å². The van der Waals surface area contributed by atoms with Gasteiger partial charge in [0, 0.05) is 0 Å². The van der Waals surface area contributed by atoms with E-state index in [1.807, 2.05) is 0 Å². The number of fused-ring (bicyclic) bond motifs is 2. The van der Waals surface area contributed by atoms with Crippen molar-refractivity contribution in [1.29, 1.82) is 0 Å². The molecule has 2 aromatic rings. The maximum Gasteiger partial charge on any atom is 0.586 e. The molecule has 2 aliphatic heterocycles. The molecule has 26 heavy (non-hydrogen) atoms. The summed E-state index contributed by atoms with van der Waals surface area (Å²) in [7, 11) is 0. The number of carbonyl (C=O) groups is 3. The van der Waals surface area contributed by atoms with Gasteiger partial charge in [-0.15, -0.1) is 8.78 Å². The first-order chi connectivity index (χ1) is 12.3. The van der Waals surface area contributed by atoms with Crippen molar-refractivity contribution in [2.45, 2.75) is 12.7 Å². The van der Waals surface area contributed by atoms with Gasteiger partial charge < -0.3 is 14.3 Å². The average molecular weight is 361 g/mol. The van der Waals surface area contributed by atoms with Gasteiger partial charge in [-0.2, -0.15) is 0 Å². The largest absolute Gasteiger partial charge is 0.586 e. The Morgan fingerprint density at radius 1 is 1.00 bits per heavy atom. The second-order valence-electron chi connectivity index (χ2n) is 5.54. The van der Waals surface area contributed by atoms with Crippen LogP contribution in [0.3, 0.4) is 0 Å². The standard InChI is InChI=1S/C17H9F2NO6/c18-17(19)24-12-6-5-9(7-13(12)25-17)8-14(21)26-20-15(22)10-3-1-2-4-11(10)16(20)23/h1-7H,8H2. The number of carbonyl (C=O) groups excluding carboxylic acids is 3. The molecule has 2 aliphatic rings. The molecule has 0 radical (unpaired) electrons. The molecular weight excluding hydrogens is 352 g/mol. The Hall–Kier alpha value is -3.49. The third-order valence-electron chi connectivity index (χ3n) is 3.76. The minimum Gasteiger partial charge on any atom is -0.395 e. The van der Waals surface area contributed by atoms with Gasteiger partial charge in [0.05, 0.1) is 17.5 Å². The number of ether oxygens (including phenoxy) is 2. The molecule has 0 aliphatic carbocycles. The van der Waals surface area contributed by atoms with Crippen molar-refractivity contribution >= 4 is 17.8 Å². The van der Waals surface area contributed by atoms with Crippen LogP contribution < -0.4 is 9.47 Å². The van der Waals surface area contributed by atoms with E-state index in [4.69, 9.17) is 4.84 Å². The first-order valence-electron chi connectivity index (χ1n) is 7.41. The lowest BCUT2D eigenvalue weighted by Gasteiger charge is -2.12. The summed E-state index contributed by atoms with van der Waals surface area (Å²) in [4.78, 5) is 41.2. The molecule has 0 fully saturated rings. The van der Waals surface area contributed by atoms with Crippen molar-refractivity contribution in [3.05, 3.63) is 59.2 Å². The van der Waals surface area contributed by atoms with E-state index >= 15 is 0 Å². The summed E-state index contributed by atoms with van der Waals surface area (Å²) >= 11 is 0. The molecule has 0 N–H and O–H groups in total. The summed E-state index contributed by atoms with van der Waals surface area (Å²) in [5, 5.41) is 0.383. The van der Waals surface area contributed by atoms with Crippen molar-refractivity contribution in [2.75, 3.05) is 0 Å². The van der Waals surface area contributed by atoms with Crippen LogP contribution in [0.15, 0.2) is 42.5 Å². The zero-order chi connectivity index (χ0) is 18.5. The summed E-state index contributed by atoms with van der Waals surface area (Å²) < 4.78 is 34.6. The highest BCUT2D eigenvalue weighted by Crippen LogP contribution is 2.41. The summed E-state index contributed by atoms with van der Waals surface area (Å²) in [5.74, 6) is -2.79. The number of imide groups is 1. The Labute approximate surface area is 144 Å². The number of hydrogen-bond donors (Lipinski definition) is 0. The highest BCUT2D eigenvalue weighted by molar-refractivity contribution is 6.20. The van der Waals surface area contributed by atoms with Crippen LogP contribution in [0.2, 0.25) is 0 Å². The predicted molar refractivity (Wildman–Crippen MR) is 79.4 cm³/mol. The van der Waals surface area contributed by atoms with Crippen LogP contribution >= 0.6 is 0 Å².